The van der Waals surface area contributed by atoms with Crippen molar-refractivity contribution in [1.29, 1.82) is 0 Å². The summed E-state index contributed by atoms with van der Waals surface area (Å²) in [4.78, 5) is 6.46. The fourth-order valence-corrected chi connectivity index (χ4v) is 2.34. The average Bonchev–Trinajstić information content (AvgIpc) is 2.29. The van der Waals surface area contributed by atoms with E-state index in [1.165, 1.54) is 0 Å². The van der Waals surface area contributed by atoms with Gasteiger partial charge in [-0.2, -0.15) is 0 Å². The standard InChI is InChI=1S/C12H17ClN2O/c1-15-7-5-9(6-8-15)12(16)10-3-2-4-11(13)14-10/h2-4,9,12,16H,5-8H2,1H3. The van der Waals surface area contributed by atoms with Crippen molar-refractivity contribution in [2.45, 2.75) is 18.9 Å². The van der Waals surface area contributed by atoms with Crippen LogP contribution in [-0.4, -0.2) is 35.1 Å². The van der Waals surface area contributed by atoms with Gasteiger partial charge in [0.05, 0.1) is 11.8 Å². The molecule has 1 fully saturated rings. The Hall–Kier alpha value is -0.640. The van der Waals surface area contributed by atoms with Crippen molar-refractivity contribution in [1.82, 2.24) is 9.88 Å². The molecule has 0 radical (unpaired) electrons. The molecule has 1 saturated heterocycles. The van der Waals surface area contributed by atoms with Crippen LogP contribution in [0.25, 0.3) is 0 Å². The maximum Gasteiger partial charge on any atom is 0.129 e. The van der Waals surface area contributed by atoms with Crippen LogP contribution in [0.1, 0.15) is 24.6 Å². The van der Waals surface area contributed by atoms with Gasteiger partial charge in [0.25, 0.3) is 0 Å². The second kappa shape index (κ2) is 5.13. The molecule has 0 saturated carbocycles. The molecular formula is C12H17ClN2O. The molecule has 1 atom stereocenters. The lowest BCUT2D eigenvalue weighted by Crippen LogP contribution is -2.32. The highest BCUT2D eigenvalue weighted by molar-refractivity contribution is 6.29. The number of aliphatic hydroxyl groups is 1. The maximum absolute atomic E-state index is 10.2. The first-order valence-corrected chi connectivity index (χ1v) is 6.03. The van der Waals surface area contributed by atoms with Crippen LogP contribution in [0.3, 0.4) is 0 Å². The molecule has 0 spiro atoms. The van der Waals surface area contributed by atoms with E-state index in [-0.39, 0.29) is 0 Å². The first kappa shape index (κ1) is 11.8. The lowest BCUT2D eigenvalue weighted by atomic mass is 9.89. The van der Waals surface area contributed by atoms with Gasteiger partial charge in [0, 0.05) is 0 Å². The second-order valence-electron chi connectivity index (χ2n) is 4.47. The number of piperidine rings is 1. The Morgan fingerprint density at radius 2 is 2.12 bits per heavy atom. The van der Waals surface area contributed by atoms with Crippen molar-refractivity contribution < 1.29 is 5.11 Å². The Balaban J connectivity index is 2.04. The number of likely N-dealkylation sites (tertiary alicyclic amines) is 1. The van der Waals surface area contributed by atoms with Gasteiger partial charge in [0.2, 0.25) is 0 Å². The van der Waals surface area contributed by atoms with Gasteiger partial charge in [-0.25, -0.2) is 4.98 Å². The van der Waals surface area contributed by atoms with Gasteiger partial charge >= 0.3 is 0 Å². The molecule has 3 nitrogen and oxygen atoms in total. The van der Waals surface area contributed by atoms with Crippen LogP contribution in [0.5, 0.6) is 0 Å². The fraction of sp³-hybridized carbons (Fsp3) is 0.583. The average molecular weight is 241 g/mol. The van der Waals surface area contributed by atoms with Crippen LogP contribution in [0.2, 0.25) is 5.15 Å². The smallest absolute Gasteiger partial charge is 0.129 e. The van der Waals surface area contributed by atoms with E-state index in [0.717, 1.165) is 25.9 Å². The van der Waals surface area contributed by atoms with Crippen LogP contribution in [0.4, 0.5) is 0 Å². The first-order chi connectivity index (χ1) is 7.66. The molecule has 2 rings (SSSR count). The summed E-state index contributed by atoms with van der Waals surface area (Å²) in [5.74, 6) is 0.308. The number of pyridine rings is 1. The summed E-state index contributed by atoms with van der Waals surface area (Å²) in [6.45, 7) is 2.09. The summed E-state index contributed by atoms with van der Waals surface area (Å²) < 4.78 is 0. The Morgan fingerprint density at radius 3 is 2.75 bits per heavy atom. The molecule has 16 heavy (non-hydrogen) atoms. The van der Waals surface area contributed by atoms with E-state index < -0.39 is 6.10 Å². The van der Waals surface area contributed by atoms with E-state index in [2.05, 4.69) is 16.9 Å². The van der Waals surface area contributed by atoms with Gasteiger partial charge in [0.1, 0.15) is 5.15 Å². The normalized spacial score (nSPS) is 20.9. The van der Waals surface area contributed by atoms with Crippen LogP contribution >= 0.6 is 11.6 Å². The zero-order valence-corrected chi connectivity index (χ0v) is 10.2. The monoisotopic (exact) mass is 240 g/mol. The van der Waals surface area contributed by atoms with Crippen molar-refractivity contribution in [3.8, 4) is 0 Å². The minimum atomic E-state index is -0.479. The number of aromatic nitrogens is 1. The van der Waals surface area contributed by atoms with Crippen LogP contribution in [0.15, 0.2) is 18.2 Å². The molecule has 1 aliphatic rings. The quantitative estimate of drug-likeness (QED) is 0.805. The highest BCUT2D eigenvalue weighted by Gasteiger charge is 2.25. The predicted octanol–water partition coefficient (Wildman–Crippen LogP) is 2.11. The van der Waals surface area contributed by atoms with E-state index in [9.17, 15) is 5.11 Å². The molecule has 88 valence electrons. The van der Waals surface area contributed by atoms with Gasteiger partial charge < -0.3 is 10.0 Å². The van der Waals surface area contributed by atoms with Crippen LogP contribution in [0, 0.1) is 5.92 Å². The number of hydrogen-bond acceptors (Lipinski definition) is 3. The molecule has 1 aromatic heterocycles. The van der Waals surface area contributed by atoms with E-state index >= 15 is 0 Å². The Kier molecular flexibility index (Phi) is 3.79. The van der Waals surface area contributed by atoms with Crippen molar-refractivity contribution in [2.75, 3.05) is 20.1 Å². The molecule has 0 aromatic carbocycles. The maximum atomic E-state index is 10.2. The van der Waals surface area contributed by atoms with Crippen molar-refractivity contribution in [2.24, 2.45) is 5.92 Å². The summed E-state index contributed by atoms with van der Waals surface area (Å²) in [5.41, 5.74) is 0.696. The van der Waals surface area contributed by atoms with Crippen LogP contribution in [-0.2, 0) is 0 Å². The van der Waals surface area contributed by atoms with E-state index in [0.29, 0.717) is 16.8 Å². The Morgan fingerprint density at radius 1 is 1.44 bits per heavy atom. The van der Waals surface area contributed by atoms with Crippen molar-refractivity contribution in [3.05, 3.63) is 29.0 Å². The molecule has 2 heterocycles. The highest BCUT2D eigenvalue weighted by Crippen LogP contribution is 2.29. The summed E-state index contributed by atoms with van der Waals surface area (Å²) in [6, 6.07) is 5.41. The van der Waals surface area contributed by atoms with Gasteiger partial charge in [-0.05, 0) is 51.0 Å². The lowest BCUT2D eigenvalue weighted by molar-refractivity contribution is 0.0627. The molecule has 4 heteroatoms. The first-order valence-electron chi connectivity index (χ1n) is 5.66. The van der Waals surface area contributed by atoms with Gasteiger partial charge in [-0.15, -0.1) is 0 Å². The van der Waals surface area contributed by atoms with E-state index in [1.807, 2.05) is 12.1 Å². The number of hydrogen-bond donors (Lipinski definition) is 1. The zero-order valence-electron chi connectivity index (χ0n) is 9.43. The van der Waals surface area contributed by atoms with Crippen LogP contribution < -0.4 is 0 Å². The third-order valence-corrected chi connectivity index (χ3v) is 3.46. The molecular weight excluding hydrogens is 224 g/mol. The molecule has 1 aromatic rings. The topological polar surface area (TPSA) is 36.4 Å². The second-order valence-corrected chi connectivity index (χ2v) is 4.86. The third-order valence-electron chi connectivity index (χ3n) is 3.25. The van der Waals surface area contributed by atoms with Gasteiger partial charge in [-0.3, -0.25) is 0 Å². The number of halogens is 1. The third kappa shape index (κ3) is 2.73. The molecule has 0 bridgehead atoms. The molecule has 1 N–H and O–H groups in total. The number of nitrogens with zero attached hydrogens (tertiary/aromatic N) is 2. The Labute approximate surface area is 101 Å². The highest BCUT2D eigenvalue weighted by atomic mass is 35.5. The van der Waals surface area contributed by atoms with Gasteiger partial charge in [0.15, 0.2) is 0 Å². The fourth-order valence-electron chi connectivity index (χ4n) is 2.17. The predicted molar refractivity (Wildman–Crippen MR) is 64.4 cm³/mol. The minimum Gasteiger partial charge on any atom is -0.387 e. The van der Waals surface area contributed by atoms with Crippen molar-refractivity contribution in [3.63, 3.8) is 0 Å². The van der Waals surface area contributed by atoms with E-state index in [1.54, 1.807) is 6.07 Å². The summed E-state index contributed by atoms with van der Waals surface area (Å²) in [6.07, 6.45) is 1.56. The number of aliphatic hydroxyl groups excluding tert-OH is 1. The lowest BCUT2D eigenvalue weighted by Gasteiger charge is -2.31. The SMILES string of the molecule is CN1CCC(C(O)c2cccc(Cl)n2)CC1. The largest absolute Gasteiger partial charge is 0.387 e. The number of rotatable bonds is 2. The summed E-state index contributed by atoms with van der Waals surface area (Å²) in [5, 5.41) is 10.7. The zero-order chi connectivity index (χ0) is 11.5. The van der Waals surface area contributed by atoms with E-state index in [4.69, 9.17) is 11.6 Å². The molecule has 0 amide bonds. The van der Waals surface area contributed by atoms with Crippen molar-refractivity contribution >= 4 is 11.6 Å². The minimum absolute atomic E-state index is 0.308. The summed E-state index contributed by atoms with van der Waals surface area (Å²) >= 11 is 5.82. The molecule has 1 aliphatic heterocycles. The van der Waals surface area contributed by atoms with Gasteiger partial charge in [-0.1, -0.05) is 17.7 Å². The Bertz CT molecular complexity index is 351. The molecule has 1 unspecified atom stereocenters. The summed E-state index contributed by atoms with van der Waals surface area (Å²) in [7, 11) is 2.11. The molecule has 0 aliphatic carbocycles.